The molecule has 0 unspecified atom stereocenters. The molecule has 0 saturated heterocycles. The van der Waals surface area contributed by atoms with E-state index >= 15 is 0 Å². The van der Waals surface area contributed by atoms with Gasteiger partial charge in [0.15, 0.2) is 11.5 Å². The fourth-order valence-corrected chi connectivity index (χ4v) is 1.81. The monoisotopic (exact) mass is 337 g/mol. The molecule has 0 aliphatic carbocycles. The predicted octanol–water partition coefficient (Wildman–Crippen LogP) is 2.96. The number of hydrogen-bond donors (Lipinski definition) is 2. The van der Waals surface area contributed by atoms with Crippen LogP contribution in [0.15, 0.2) is 18.2 Å². The van der Waals surface area contributed by atoms with Crippen LogP contribution in [0.2, 0.25) is 0 Å². The van der Waals surface area contributed by atoms with Crippen molar-refractivity contribution in [2.24, 2.45) is 11.3 Å². The van der Waals surface area contributed by atoms with Gasteiger partial charge in [0.1, 0.15) is 0 Å². The fourth-order valence-electron chi connectivity index (χ4n) is 1.81. The van der Waals surface area contributed by atoms with Gasteiger partial charge in [-0.05, 0) is 44.4 Å². The van der Waals surface area contributed by atoms with Gasteiger partial charge >= 0.3 is 5.97 Å². The lowest BCUT2D eigenvalue weighted by Gasteiger charge is -2.19. The topological polar surface area (TPSA) is 84.9 Å². The highest BCUT2D eigenvalue weighted by atomic mass is 16.5. The number of carbonyl (C=O) groups excluding carboxylic acids is 1. The van der Waals surface area contributed by atoms with E-state index in [1.54, 1.807) is 32.0 Å². The number of ether oxygens (including phenoxy) is 2. The molecule has 0 spiro atoms. The van der Waals surface area contributed by atoms with Crippen LogP contribution in [0.25, 0.3) is 0 Å². The number of nitrogens with one attached hydrogen (secondary N) is 1. The van der Waals surface area contributed by atoms with Crippen LogP contribution in [0.5, 0.6) is 11.5 Å². The quantitative estimate of drug-likeness (QED) is 0.723. The fraction of sp³-hybridized carbons (Fsp3) is 0.556. The summed E-state index contributed by atoms with van der Waals surface area (Å²) >= 11 is 0. The SMILES string of the molecule is COc1cc(C(=O)NCC(C)(C)C(=O)O)ccc1OCCC(C)C. The van der Waals surface area contributed by atoms with Crippen molar-refractivity contribution in [3.05, 3.63) is 23.8 Å². The number of carboxylic acid groups (broad SMARTS) is 1. The van der Waals surface area contributed by atoms with Crippen molar-refractivity contribution in [2.45, 2.75) is 34.1 Å². The molecule has 0 aliphatic rings. The molecule has 134 valence electrons. The molecule has 6 heteroatoms. The molecule has 0 bridgehead atoms. The molecule has 0 aromatic heterocycles. The van der Waals surface area contributed by atoms with E-state index in [-0.39, 0.29) is 12.5 Å². The van der Waals surface area contributed by atoms with Gasteiger partial charge in [-0.15, -0.1) is 0 Å². The summed E-state index contributed by atoms with van der Waals surface area (Å²) < 4.78 is 11.0. The summed E-state index contributed by atoms with van der Waals surface area (Å²) in [4.78, 5) is 23.3. The van der Waals surface area contributed by atoms with Crippen LogP contribution in [-0.4, -0.2) is 37.2 Å². The Morgan fingerprint density at radius 1 is 1.25 bits per heavy atom. The molecule has 2 N–H and O–H groups in total. The van der Waals surface area contributed by atoms with Gasteiger partial charge in [-0.25, -0.2) is 0 Å². The molecule has 1 rings (SSSR count). The lowest BCUT2D eigenvalue weighted by molar-refractivity contribution is -0.146. The summed E-state index contributed by atoms with van der Waals surface area (Å²) in [7, 11) is 1.51. The van der Waals surface area contributed by atoms with E-state index in [0.29, 0.717) is 29.6 Å². The zero-order valence-corrected chi connectivity index (χ0v) is 15.0. The molecular weight excluding hydrogens is 310 g/mol. The van der Waals surface area contributed by atoms with Crippen molar-refractivity contribution in [1.82, 2.24) is 5.32 Å². The normalized spacial score (nSPS) is 11.2. The summed E-state index contributed by atoms with van der Waals surface area (Å²) in [5.74, 6) is 0.286. The number of methoxy groups -OCH3 is 1. The van der Waals surface area contributed by atoms with Gasteiger partial charge in [0.2, 0.25) is 0 Å². The zero-order valence-electron chi connectivity index (χ0n) is 15.0. The van der Waals surface area contributed by atoms with Crippen molar-refractivity contribution in [3.8, 4) is 11.5 Å². The maximum absolute atomic E-state index is 12.2. The van der Waals surface area contributed by atoms with Crippen LogP contribution in [0.4, 0.5) is 0 Å². The first-order valence-electron chi connectivity index (χ1n) is 8.00. The molecule has 1 aromatic rings. The highest BCUT2D eigenvalue weighted by molar-refractivity contribution is 5.95. The van der Waals surface area contributed by atoms with Gasteiger partial charge in [0, 0.05) is 12.1 Å². The average Bonchev–Trinajstić information content (AvgIpc) is 2.52. The largest absolute Gasteiger partial charge is 0.493 e. The lowest BCUT2D eigenvalue weighted by atomic mass is 9.94. The molecule has 1 aromatic carbocycles. The summed E-state index contributed by atoms with van der Waals surface area (Å²) in [5.41, 5.74) is -0.635. The molecule has 6 nitrogen and oxygen atoms in total. The number of rotatable bonds is 9. The number of benzene rings is 1. The molecule has 0 radical (unpaired) electrons. The van der Waals surface area contributed by atoms with Gasteiger partial charge < -0.3 is 19.9 Å². The first-order chi connectivity index (χ1) is 11.2. The number of carbonyl (C=O) groups is 2. The number of aliphatic carboxylic acids is 1. The van der Waals surface area contributed by atoms with Gasteiger partial charge in [-0.2, -0.15) is 0 Å². The summed E-state index contributed by atoms with van der Waals surface area (Å²) in [5, 5.41) is 11.7. The minimum Gasteiger partial charge on any atom is -0.493 e. The Bertz CT molecular complexity index is 581. The summed E-state index contributed by atoms with van der Waals surface area (Å²) in [6, 6.07) is 4.92. The highest BCUT2D eigenvalue weighted by Gasteiger charge is 2.27. The Labute approximate surface area is 143 Å². The van der Waals surface area contributed by atoms with Crippen LogP contribution in [-0.2, 0) is 4.79 Å². The molecule has 24 heavy (non-hydrogen) atoms. The van der Waals surface area contributed by atoms with E-state index < -0.39 is 11.4 Å². The Morgan fingerprint density at radius 2 is 1.92 bits per heavy atom. The third-order valence-electron chi connectivity index (χ3n) is 3.65. The molecule has 0 atom stereocenters. The Morgan fingerprint density at radius 3 is 2.46 bits per heavy atom. The van der Waals surface area contributed by atoms with Crippen molar-refractivity contribution < 1.29 is 24.2 Å². The lowest BCUT2D eigenvalue weighted by Crippen LogP contribution is -2.38. The Balaban J connectivity index is 2.75. The van der Waals surface area contributed by atoms with Gasteiger partial charge in [0.25, 0.3) is 5.91 Å². The third kappa shape index (κ3) is 5.76. The third-order valence-corrected chi connectivity index (χ3v) is 3.65. The Hall–Kier alpha value is -2.24. The summed E-state index contributed by atoms with van der Waals surface area (Å²) in [6.07, 6.45) is 0.926. The van der Waals surface area contributed by atoms with E-state index in [0.717, 1.165) is 6.42 Å². The van der Waals surface area contributed by atoms with Gasteiger partial charge in [0.05, 0.1) is 19.1 Å². The van der Waals surface area contributed by atoms with E-state index in [4.69, 9.17) is 14.6 Å². The van der Waals surface area contributed by atoms with Crippen LogP contribution < -0.4 is 14.8 Å². The number of hydrogen-bond acceptors (Lipinski definition) is 4. The first-order valence-corrected chi connectivity index (χ1v) is 8.00. The smallest absolute Gasteiger partial charge is 0.310 e. The van der Waals surface area contributed by atoms with Crippen LogP contribution in [0.3, 0.4) is 0 Å². The summed E-state index contributed by atoms with van der Waals surface area (Å²) in [6.45, 7) is 7.96. The van der Waals surface area contributed by atoms with E-state index in [1.165, 1.54) is 7.11 Å². The second-order valence-electron chi connectivity index (χ2n) is 6.77. The molecule has 0 saturated carbocycles. The second-order valence-corrected chi connectivity index (χ2v) is 6.77. The van der Waals surface area contributed by atoms with Crippen molar-refractivity contribution >= 4 is 11.9 Å². The standard InChI is InChI=1S/C18H27NO5/c1-12(2)8-9-24-14-7-6-13(10-15(14)23-5)16(20)19-11-18(3,4)17(21)22/h6-7,10,12H,8-9,11H2,1-5H3,(H,19,20)(H,21,22). The molecule has 0 fully saturated rings. The van der Waals surface area contributed by atoms with Crippen LogP contribution in [0.1, 0.15) is 44.5 Å². The average molecular weight is 337 g/mol. The van der Waals surface area contributed by atoms with Crippen LogP contribution >= 0.6 is 0 Å². The maximum atomic E-state index is 12.2. The van der Waals surface area contributed by atoms with Crippen LogP contribution in [0, 0.1) is 11.3 Å². The van der Waals surface area contributed by atoms with E-state index in [1.807, 2.05) is 0 Å². The molecule has 0 aliphatic heterocycles. The van der Waals surface area contributed by atoms with Gasteiger partial charge in [-0.3, -0.25) is 9.59 Å². The van der Waals surface area contributed by atoms with Crippen molar-refractivity contribution in [1.29, 1.82) is 0 Å². The number of amides is 1. The highest BCUT2D eigenvalue weighted by Crippen LogP contribution is 2.28. The van der Waals surface area contributed by atoms with Crippen molar-refractivity contribution in [2.75, 3.05) is 20.3 Å². The minimum atomic E-state index is -1.03. The van der Waals surface area contributed by atoms with Gasteiger partial charge in [-0.1, -0.05) is 13.8 Å². The first kappa shape index (κ1) is 19.8. The Kier molecular flexibility index (Phi) is 7.07. The molecule has 1 amide bonds. The molecule has 0 heterocycles. The minimum absolute atomic E-state index is 0.0378. The van der Waals surface area contributed by atoms with Crippen molar-refractivity contribution in [3.63, 3.8) is 0 Å². The predicted molar refractivity (Wildman–Crippen MR) is 91.7 cm³/mol. The second kappa shape index (κ2) is 8.57. The van der Waals surface area contributed by atoms with E-state index in [2.05, 4.69) is 19.2 Å². The maximum Gasteiger partial charge on any atom is 0.310 e. The van der Waals surface area contributed by atoms with E-state index in [9.17, 15) is 9.59 Å². The molecular formula is C18H27NO5. The zero-order chi connectivity index (χ0) is 18.3. The number of carboxylic acids is 1.